The predicted molar refractivity (Wildman–Crippen MR) is 60.1 cm³/mol. The van der Waals surface area contributed by atoms with Crippen molar-refractivity contribution in [2.75, 3.05) is 0 Å². The summed E-state index contributed by atoms with van der Waals surface area (Å²) < 4.78 is 0. The second kappa shape index (κ2) is 3.44. The lowest BCUT2D eigenvalue weighted by molar-refractivity contribution is 0.961. The van der Waals surface area contributed by atoms with E-state index in [-0.39, 0.29) is 5.38 Å². The molecule has 74 valence electrons. The lowest BCUT2D eigenvalue weighted by atomic mass is 10.2. The number of fused-ring (bicyclic) bond motifs is 1. The van der Waals surface area contributed by atoms with Gasteiger partial charge >= 0.3 is 0 Å². The fourth-order valence-corrected chi connectivity index (χ4v) is 1.65. The van der Waals surface area contributed by atoms with E-state index in [0.717, 1.165) is 27.4 Å². The third kappa shape index (κ3) is 1.49. The second-order valence-electron chi connectivity index (χ2n) is 3.31. The highest BCUT2D eigenvalue weighted by molar-refractivity contribution is 6.32. The molecule has 0 aliphatic carbocycles. The average Bonchev–Trinajstić information content (AvgIpc) is 2.56. The lowest BCUT2D eigenvalue weighted by Gasteiger charge is -1.96. The summed E-state index contributed by atoms with van der Waals surface area (Å²) in [4.78, 5) is 7.56. The van der Waals surface area contributed by atoms with Gasteiger partial charge in [-0.2, -0.15) is 0 Å². The van der Waals surface area contributed by atoms with Crippen LogP contribution in [0.1, 0.15) is 23.7 Å². The van der Waals surface area contributed by atoms with Gasteiger partial charge in [-0.3, -0.25) is 0 Å². The average molecular weight is 229 g/mol. The summed E-state index contributed by atoms with van der Waals surface area (Å²) in [6.45, 7) is 3.84. The van der Waals surface area contributed by atoms with Crippen LogP contribution in [-0.4, -0.2) is 9.97 Å². The number of nitrogens with zero attached hydrogens (tertiary/aromatic N) is 1. The molecule has 0 amide bonds. The molecule has 1 heterocycles. The first-order valence-corrected chi connectivity index (χ1v) is 5.20. The minimum atomic E-state index is -0.111. The number of halogens is 2. The smallest absolute Gasteiger partial charge is 0.125 e. The molecule has 2 aromatic rings. The van der Waals surface area contributed by atoms with Crippen LogP contribution >= 0.6 is 23.2 Å². The molecular formula is C10H10Cl2N2. The van der Waals surface area contributed by atoms with Crippen molar-refractivity contribution in [1.29, 1.82) is 0 Å². The van der Waals surface area contributed by atoms with Gasteiger partial charge in [0.25, 0.3) is 0 Å². The van der Waals surface area contributed by atoms with E-state index < -0.39 is 0 Å². The first-order chi connectivity index (χ1) is 6.59. The quantitative estimate of drug-likeness (QED) is 0.739. The molecule has 0 aliphatic rings. The molecule has 2 rings (SSSR count). The third-order valence-electron chi connectivity index (χ3n) is 2.24. The van der Waals surface area contributed by atoms with E-state index in [2.05, 4.69) is 9.97 Å². The van der Waals surface area contributed by atoms with Gasteiger partial charge in [0.15, 0.2) is 0 Å². The highest BCUT2D eigenvalue weighted by Gasteiger charge is 2.10. The van der Waals surface area contributed by atoms with Crippen LogP contribution in [-0.2, 0) is 0 Å². The van der Waals surface area contributed by atoms with Crippen LogP contribution in [0.25, 0.3) is 11.0 Å². The van der Waals surface area contributed by atoms with Gasteiger partial charge in [-0.05, 0) is 31.5 Å². The van der Waals surface area contributed by atoms with E-state index in [1.807, 2.05) is 26.0 Å². The summed E-state index contributed by atoms with van der Waals surface area (Å²) >= 11 is 11.9. The van der Waals surface area contributed by atoms with Crippen LogP contribution in [0.2, 0.25) is 5.02 Å². The first kappa shape index (κ1) is 9.81. The topological polar surface area (TPSA) is 28.7 Å². The Bertz CT molecular complexity index is 474. The molecule has 1 atom stereocenters. The Labute approximate surface area is 92.2 Å². The normalized spacial score (nSPS) is 13.4. The molecule has 0 aliphatic heterocycles. The minimum absolute atomic E-state index is 0.111. The van der Waals surface area contributed by atoms with Crippen LogP contribution in [0.15, 0.2) is 12.1 Å². The van der Waals surface area contributed by atoms with Gasteiger partial charge in [0.1, 0.15) is 5.82 Å². The van der Waals surface area contributed by atoms with Crippen LogP contribution in [0.5, 0.6) is 0 Å². The largest absolute Gasteiger partial charge is 0.341 e. The van der Waals surface area contributed by atoms with Crippen LogP contribution in [0.3, 0.4) is 0 Å². The summed E-state index contributed by atoms with van der Waals surface area (Å²) in [6.07, 6.45) is 0. The molecule has 0 saturated heterocycles. The summed E-state index contributed by atoms with van der Waals surface area (Å²) in [5.74, 6) is 0.784. The van der Waals surface area contributed by atoms with Gasteiger partial charge in [-0.1, -0.05) is 11.6 Å². The number of aromatic amines is 1. The Balaban J connectivity index is 2.71. The van der Waals surface area contributed by atoms with E-state index in [0.29, 0.717) is 0 Å². The SMILES string of the molecule is Cc1c(Cl)ccc2[nH]c(C(C)Cl)nc12. The maximum atomic E-state index is 5.99. The van der Waals surface area contributed by atoms with Crippen molar-refractivity contribution in [3.8, 4) is 0 Å². The maximum Gasteiger partial charge on any atom is 0.125 e. The molecule has 2 nitrogen and oxygen atoms in total. The summed E-state index contributed by atoms with van der Waals surface area (Å²) in [7, 11) is 0. The van der Waals surface area contributed by atoms with E-state index in [1.165, 1.54) is 0 Å². The first-order valence-electron chi connectivity index (χ1n) is 4.38. The predicted octanol–water partition coefficient (Wildman–Crippen LogP) is 3.82. The summed E-state index contributed by atoms with van der Waals surface area (Å²) in [5, 5.41) is 0.623. The van der Waals surface area contributed by atoms with Crippen molar-refractivity contribution in [1.82, 2.24) is 9.97 Å². The van der Waals surface area contributed by atoms with E-state index in [4.69, 9.17) is 23.2 Å². The number of rotatable bonds is 1. The number of nitrogens with one attached hydrogen (secondary N) is 1. The number of alkyl halides is 1. The Hall–Kier alpha value is -0.730. The van der Waals surface area contributed by atoms with Crippen molar-refractivity contribution in [2.45, 2.75) is 19.2 Å². The Morgan fingerprint density at radius 1 is 1.43 bits per heavy atom. The Kier molecular flexibility index (Phi) is 2.41. The number of H-pyrrole nitrogens is 1. The number of aryl methyl sites for hydroxylation is 1. The van der Waals surface area contributed by atoms with Crippen molar-refractivity contribution in [3.63, 3.8) is 0 Å². The van der Waals surface area contributed by atoms with E-state index in [1.54, 1.807) is 0 Å². The molecule has 0 radical (unpaired) electrons. The molecule has 0 fully saturated rings. The van der Waals surface area contributed by atoms with Gasteiger partial charge < -0.3 is 4.98 Å². The lowest BCUT2D eigenvalue weighted by Crippen LogP contribution is -1.85. The number of aromatic nitrogens is 2. The second-order valence-corrected chi connectivity index (χ2v) is 4.37. The molecule has 0 saturated carbocycles. The van der Waals surface area contributed by atoms with Gasteiger partial charge in [0, 0.05) is 5.02 Å². The Morgan fingerprint density at radius 2 is 2.14 bits per heavy atom. The zero-order valence-corrected chi connectivity index (χ0v) is 9.45. The molecule has 14 heavy (non-hydrogen) atoms. The highest BCUT2D eigenvalue weighted by Crippen LogP contribution is 2.26. The zero-order chi connectivity index (χ0) is 10.3. The molecule has 1 aromatic carbocycles. The molecular weight excluding hydrogens is 219 g/mol. The van der Waals surface area contributed by atoms with E-state index in [9.17, 15) is 0 Å². The standard InChI is InChI=1S/C10H10Cl2N2/c1-5-7(12)3-4-8-9(5)14-10(13-8)6(2)11/h3-4,6H,1-2H3,(H,13,14). The van der Waals surface area contributed by atoms with Crippen LogP contribution in [0.4, 0.5) is 0 Å². The monoisotopic (exact) mass is 228 g/mol. The van der Waals surface area contributed by atoms with Gasteiger partial charge in [-0.15, -0.1) is 11.6 Å². The molecule has 1 unspecified atom stereocenters. The summed E-state index contributed by atoms with van der Waals surface area (Å²) in [6, 6.07) is 3.78. The van der Waals surface area contributed by atoms with Crippen molar-refractivity contribution in [2.24, 2.45) is 0 Å². The number of imidazole rings is 1. The van der Waals surface area contributed by atoms with Gasteiger partial charge in [-0.25, -0.2) is 4.98 Å². The molecule has 1 aromatic heterocycles. The van der Waals surface area contributed by atoms with Gasteiger partial charge in [0.05, 0.1) is 16.4 Å². The fourth-order valence-electron chi connectivity index (χ4n) is 1.40. The summed E-state index contributed by atoms with van der Waals surface area (Å²) in [5.41, 5.74) is 2.87. The molecule has 4 heteroatoms. The third-order valence-corrected chi connectivity index (χ3v) is 2.85. The fraction of sp³-hybridized carbons (Fsp3) is 0.300. The number of hydrogen-bond acceptors (Lipinski definition) is 1. The van der Waals surface area contributed by atoms with Crippen LogP contribution in [0, 0.1) is 6.92 Å². The molecule has 0 bridgehead atoms. The number of benzene rings is 1. The maximum absolute atomic E-state index is 5.99. The number of hydrogen-bond donors (Lipinski definition) is 1. The van der Waals surface area contributed by atoms with Crippen LogP contribution < -0.4 is 0 Å². The molecule has 0 spiro atoms. The van der Waals surface area contributed by atoms with Crippen molar-refractivity contribution < 1.29 is 0 Å². The minimum Gasteiger partial charge on any atom is -0.341 e. The highest BCUT2D eigenvalue weighted by atomic mass is 35.5. The molecule has 1 N–H and O–H groups in total. The zero-order valence-electron chi connectivity index (χ0n) is 7.94. The Morgan fingerprint density at radius 3 is 2.79 bits per heavy atom. The van der Waals surface area contributed by atoms with Crippen molar-refractivity contribution >= 4 is 34.2 Å². The van der Waals surface area contributed by atoms with E-state index >= 15 is 0 Å². The van der Waals surface area contributed by atoms with Gasteiger partial charge in [0.2, 0.25) is 0 Å². The van der Waals surface area contributed by atoms with Crippen molar-refractivity contribution in [3.05, 3.63) is 28.5 Å².